The highest BCUT2D eigenvalue weighted by Gasteiger charge is 2.30. The molecule has 1 unspecified atom stereocenters. The normalized spacial score (nSPS) is 17.6. The van der Waals surface area contributed by atoms with Crippen LogP contribution >= 0.6 is 0 Å². The van der Waals surface area contributed by atoms with Crippen LogP contribution in [0, 0.1) is 5.92 Å². The van der Waals surface area contributed by atoms with Crippen molar-refractivity contribution in [3.05, 3.63) is 29.8 Å². The van der Waals surface area contributed by atoms with Crippen molar-refractivity contribution in [1.82, 2.24) is 10.6 Å². The Morgan fingerprint density at radius 3 is 2.57 bits per heavy atom. The maximum Gasteiger partial charge on any atom is 0.322 e. The van der Waals surface area contributed by atoms with E-state index in [1.165, 1.54) is 0 Å². The summed E-state index contributed by atoms with van der Waals surface area (Å²) in [6.07, 6.45) is 1.56. The van der Waals surface area contributed by atoms with Crippen molar-refractivity contribution >= 4 is 23.5 Å². The van der Waals surface area contributed by atoms with E-state index in [4.69, 9.17) is 0 Å². The van der Waals surface area contributed by atoms with E-state index in [0.29, 0.717) is 11.3 Å². The fourth-order valence-electron chi connectivity index (χ4n) is 2.35. The minimum absolute atomic E-state index is 0.0249. The van der Waals surface area contributed by atoms with Crippen molar-refractivity contribution < 1.29 is 14.4 Å². The lowest BCUT2D eigenvalue weighted by atomic mass is 10.0. The Labute approximate surface area is 123 Å². The van der Waals surface area contributed by atoms with Crippen molar-refractivity contribution in [2.45, 2.75) is 32.7 Å². The minimum atomic E-state index is -0.706. The lowest BCUT2D eigenvalue weighted by molar-refractivity contribution is -0.120. The van der Waals surface area contributed by atoms with Crippen LogP contribution in [0.15, 0.2) is 24.3 Å². The molecular weight excluding hydrogens is 270 g/mol. The fourth-order valence-corrected chi connectivity index (χ4v) is 2.35. The van der Waals surface area contributed by atoms with Gasteiger partial charge in [-0.2, -0.15) is 0 Å². The monoisotopic (exact) mass is 289 g/mol. The van der Waals surface area contributed by atoms with E-state index in [-0.39, 0.29) is 17.7 Å². The van der Waals surface area contributed by atoms with Crippen molar-refractivity contribution in [2.75, 3.05) is 5.32 Å². The van der Waals surface area contributed by atoms with Gasteiger partial charge in [-0.1, -0.05) is 26.0 Å². The van der Waals surface area contributed by atoms with E-state index in [0.717, 1.165) is 12.8 Å². The average Bonchev–Trinajstić information content (AvgIpc) is 2.79. The molecule has 1 aromatic carbocycles. The number of carbonyl (C=O) groups excluding carboxylic acids is 3. The van der Waals surface area contributed by atoms with Crippen molar-refractivity contribution in [2.24, 2.45) is 5.92 Å². The third-order valence-electron chi connectivity index (χ3n) is 3.62. The fraction of sp³-hybridized carbons (Fsp3) is 0.400. The quantitative estimate of drug-likeness (QED) is 0.724. The summed E-state index contributed by atoms with van der Waals surface area (Å²) in [5.74, 6) is -0.441. The molecule has 1 heterocycles. The second kappa shape index (κ2) is 6.39. The van der Waals surface area contributed by atoms with E-state index in [9.17, 15) is 14.4 Å². The largest absolute Gasteiger partial charge is 0.326 e. The average molecular weight is 289 g/mol. The summed E-state index contributed by atoms with van der Waals surface area (Å²) < 4.78 is 0. The molecule has 3 N–H and O–H groups in total. The number of imide groups is 1. The van der Waals surface area contributed by atoms with E-state index in [1.807, 2.05) is 13.8 Å². The third kappa shape index (κ3) is 3.39. The Morgan fingerprint density at radius 1 is 1.29 bits per heavy atom. The number of benzene rings is 1. The van der Waals surface area contributed by atoms with Crippen molar-refractivity contribution in [1.29, 1.82) is 0 Å². The lowest BCUT2D eigenvalue weighted by Crippen LogP contribution is -2.23. The van der Waals surface area contributed by atoms with Crippen LogP contribution in [0.5, 0.6) is 0 Å². The van der Waals surface area contributed by atoms with Crippen LogP contribution in [0.1, 0.15) is 38.3 Å². The van der Waals surface area contributed by atoms with Gasteiger partial charge in [0.2, 0.25) is 5.91 Å². The molecular formula is C15H19N3O3. The highest BCUT2D eigenvalue weighted by Crippen LogP contribution is 2.21. The first-order valence-corrected chi connectivity index (χ1v) is 7.07. The van der Waals surface area contributed by atoms with Crippen LogP contribution in [0.4, 0.5) is 10.5 Å². The smallest absolute Gasteiger partial charge is 0.322 e. The number of anilines is 1. The van der Waals surface area contributed by atoms with Gasteiger partial charge >= 0.3 is 6.03 Å². The zero-order valence-electron chi connectivity index (χ0n) is 12.1. The summed E-state index contributed by atoms with van der Waals surface area (Å²) in [6, 6.07) is 5.74. The lowest BCUT2D eigenvalue weighted by Gasteiger charge is -2.14. The molecule has 0 saturated carbocycles. The van der Waals surface area contributed by atoms with Crippen LogP contribution < -0.4 is 16.0 Å². The zero-order valence-corrected chi connectivity index (χ0v) is 12.1. The van der Waals surface area contributed by atoms with Gasteiger partial charge in [0.25, 0.3) is 5.91 Å². The number of carbonyl (C=O) groups is 3. The molecule has 2 rings (SSSR count). The van der Waals surface area contributed by atoms with Crippen LogP contribution in [0.3, 0.4) is 0 Å². The molecule has 0 spiro atoms. The molecule has 21 heavy (non-hydrogen) atoms. The predicted octanol–water partition coefficient (Wildman–Crippen LogP) is 1.94. The molecule has 1 aromatic rings. The SMILES string of the molecule is CCC(CC)C(=O)Nc1cccc(C2NC(=O)NC2=O)c1. The van der Waals surface area contributed by atoms with E-state index < -0.39 is 12.1 Å². The molecule has 1 saturated heterocycles. The first-order chi connectivity index (χ1) is 10.0. The molecule has 1 aliphatic heterocycles. The summed E-state index contributed by atoms with van der Waals surface area (Å²) in [5.41, 5.74) is 1.26. The Balaban J connectivity index is 2.13. The topological polar surface area (TPSA) is 87.3 Å². The number of rotatable bonds is 5. The molecule has 4 amide bonds. The number of hydrogen-bond donors (Lipinski definition) is 3. The van der Waals surface area contributed by atoms with Gasteiger partial charge in [-0.05, 0) is 30.5 Å². The molecule has 112 valence electrons. The molecule has 1 aliphatic rings. The summed E-state index contributed by atoms with van der Waals surface area (Å²) in [7, 11) is 0. The summed E-state index contributed by atoms with van der Waals surface area (Å²) in [4.78, 5) is 34.9. The number of hydrogen-bond acceptors (Lipinski definition) is 3. The second-order valence-electron chi connectivity index (χ2n) is 5.02. The third-order valence-corrected chi connectivity index (χ3v) is 3.62. The van der Waals surface area contributed by atoms with Crippen molar-refractivity contribution in [3.8, 4) is 0 Å². The molecule has 0 aromatic heterocycles. The molecule has 6 heteroatoms. The molecule has 1 atom stereocenters. The van der Waals surface area contributed by atoms with Crippen LogP contribution in [-0.4, -0.2) is 17.8 Å². The maximum absolute atomic E-state index is 12.1. The summed E-state index contributed by atoms with van der Waals surface area (Å²) in [5, 5.41) is 7.57. The van der Waals surface area contributed by atoms with Gasteiger partial charge in [-0.25, -0.2) is 4.79 Å². The van der Waals surface area contributed by atoms with E-state index in [2.05, 4.69) is 16.0 Å². The highest BCUT2D eigenvalue weighted by atomic mass is 16.2. The van der Waals surface area contributed by atoms with Gasteiger partial charge in [0.15, 0.2) is 0 Å². The first kappa shape index (κ1) is 15.0. The Hall–Kier alpha value is -2.37. The summed E-state index contributed by atoms with van der Waals surface area (Å²) in [6.45, 7) is 3.95. The van der Waals surface area contributed by atoms with Gasteiger partial charge < -0.3 is 10.6 Å². The minimum Gasteiger partial charge on any atom is -0.326 e. The van der Waals surface area contributed by atoms with Gasteiger partial charge in [-0.15, -0.1) is 0 Å². The highest BCUT2D eigenvalue weighted by molar-refractivity contribution is 6.04. The Morgan fingerprint density at radius 2 is 2.00 bits per heavy atom. The zero-order chi connectivity index (χ0) is 15.4. The van der Waals surface area contributed by atoms with Crippen LogP contribution in [0.2, 0.25) is 0 Å². The van der Waals surface area contributed by atoms with Crippen molar-refractivity contribution in [3.63, 3.8) is 0 Å². The standard InChI is InChI=1S/C15H19N3O3/c1-3-9(4-2)13(19)16-11-7-5-6-10(8-11)12-14(20)18-15(21)17-12/h5-9,12H,3-4H2,1-2H3,(H,16,19)(H2,17,18,20,21). The van der Waals surface area contributed by atoms with Crippen LogP contribution in [-0.2, 0) is 9.59 Å². The first-order valence-electron chi connectivity index (χ1n) is 7.07. The van der Waals surface area contributed by atoms with Crippen LogP contribution in [0.25, 0.3) is 0 Å². The molecule has 0 bridgehead atoms. The van der Waals surface area contributed by atoms with Gasteiger partial charge in [0.05, 0.1) is 0 Å². The Kier molecular flexibility index (Phi) is 4.57. The van der Waals surface area contributed by atoms with E-state index in [1.54, 1.807) is 24.3 Å². The molecule has 0 radical (unpaired) electrons. The van der Waals surface area contributed by atoms with Gasteiger partial charge in [0, 0.05) is 11.6 Å². The van der Waals surface area contributed by atoms with E-state index >= 15 is 0 Å². The summed E-state index contributed by atoms with van der Waals surface area (Å²) >= 11 is 0. The number of amides is 4. The number of nitrogens with one attached hydrogen (secondary N) is 3. The van der Waals surface area contributed by atoms with Gasteiger partial charge in [-0.3, -0.25) is 14.9 Å². The molecule has 1 fully saturated rings. The number of urea groups is 1. The van der Waals surface area contributed by atoms with Gasteiger partial charge in [0.1, 0.15) is 6.04 Å². The second-order valence-corrected chi connectivity index (χ2v) is 5.02. The Bertz CT molecular complexity index is 567. The maximum atomic E-state index is 12.1. The molecule has 0 aliphatic carbocycles. The molecule has 6 nitrogen and oxygen atoms in total. The predicted molar refractivity (Wildman–Crippen MR) is 78.6 cm³/mol.